The van der Waals surface area contributed by atoms with Gasteiger partial charge in [0.05, 0.1) is 0 Å². The van der Waals surface area contributed by atoms with Crippen LogP contribution in [0.25, 0.3) is 0 Å². The molecule has 0 heteroatoms. The zero-order chi connectivity index (χ0) is 26.3. The summed E-state index contributed by atoms with van der Waals surface area (Å²) < 4.78 is 0. The lowest BCUT2D eigenvalue weighted by Crippen LogP contribution is -2.40. The van der Waals surface area contributed by atoms with Gasteiger partial charge in [0.2, 0.25) is 0 Å². The third-order valence-corrected chi connectivity index (χ3v) is 11.3. The summed E-state index contributed by atoms with van der Waals surface area (Å²) in [6.45, 7) is 0. The van der Waals surface area contributed by atoms with E-state index in [2.05, 4.69) is 30.4 Å². The van der Waals surface area contributed by atoms with Crippen LogP contribution < -0.4 is 0 Å². The second-order valence-corrected chi connectivity index (χ2v) is 13.7. The van der Waals surface area contributed by atoms with E-state index in [1.54, 1.807) is 11.1 Å². The van der Waals surface area contributed by atoms with E-state index in [1.165, 1.54) is 161 Å². The topological polar surface area (TPSA) is 0 Å². The van der Waals surface area contributed by atoms with Gasteiger partial charge in [-0.15, -0.1) is 0 Å². The number of hydrogen-bond acceptors (Lipinski definition) is 0. The van der Waals surface area contributed by atoms with Crippen LogP contribution in [0.2, 0.25) is 0 Å². The summed E-state index contributed by atoms with van der Waals surface area (Å²) >= 11 is 0. The van der Waals surface area contributed by atoms with Crippen molar-refractivity contribution in [1.29, 1.82) is 0 Å². The van der Waals surface area contributed by atoms with Crippen molar-refractivity contribution in [1.82, 2.24) is 0 Å². The van der Waals surface area contributed by atoms with Crippen molar-refractivity contribution in [3.8, 4) is 0 Å². The average Bonchev–Trinajstić information content (AvgIpc) is 3.35. The lowest BCUT2D eigenvalue weighted by atomic mass is 9.52. The summed E-state index contributed by atoms with van der Waals surface area (Å²) in [5, 5.41) is 0. The summed E-state index contributed by atoms with van der Waals surface area (Å²) in [6, 6.07) is 0. The van der Waals surface area contributed by atoms with Crippen LogP contribution in [0, 0.1) is 11.3 Å². The van der Waals surface area contributed by atoms with Crippen LogP contribution in [0.1, 0.15) is 161 Å². The van der Waals surface area contributed by atoms with E-state index in [9.17, 15) is 0 Å². The predicted molar refractivity (Wildman–Crippen MR) is 169 cm³/mol. The van der Waals surface area contributed by atoms with Gasteiger partial charge in [0.25, 0.3) is 0 Å². The molecule has 0 saturated carbocycles. The number of rotatable bonds is 5. The van der Waals surface area contributed by atoms with E-state index in [4.69, 9.17) is 0 Å². The highest BCUT2D eigenvalue weighted by Gasteiger charge is 2.51. The van der Waals surface area contributed by atoms with Crippen molar-refractivity contribution >= 4 is 0 Å². The van der Waals surface area contributed by atoms with Gasteiger partial charge in [0.15, 0.2) is 0 Å². The highest BCUT2D eigenvalue weighted by molar-refractivity contribution is 5.60. The molecule has 6 aliphatic rings. The summed E-state index contributed by atoms with van der Waals surface area (Å²) in [6.07, 6.45) is 48.0. The van der Waals surface area contributed by atoms with Crippen LogP contribution in [0.3, 0.4) is 0 Å². The number of allylic oxidation sites excluding steroid dienone is 12. The highest BCUT2D eigenvalue weighted by Crippen LogP contribution is 2.63. The van der Waals surface area contributed by atoms with Gasteiger partial charge in [-0.05, 0) is 157 Å². The molecule has 0 aromatic carbocycles. The van der Waals surface area contributed by atoms with Gasteiger partial charge in [-0.1, -0.05) is 79.2 Å². The monoisotopic (exact) mass is 524 g/mol. The maximum Gasteiger partial charge on any atom is 0.0441 e. The minimum atomic E-state index is 0.141. The molecule has 0 aromatic heterocycles. The van der Waals surface area contributed by atoms with Crippen molar-refractivity contribution in [3.05, 3.63) is 69.4 Å². The van der Waals surface area contributed by atoms with E-state index in [-0.39, 0.29) is 5.41 Å². The van der Waals surface area contributed by atoms with Gasteiger partial charge in [-0.3, -0.25) is 0 Å². The molecule has 0 aliphatic heterocycles. The molecule has 0 heterocycles. The highest BCUT2D eigenvalue weighted by atomic mass is 14.5. The molecule has 6 aliphatic carbocycles. The summed E-state index contributed by atoms with van der Waals surface area (Å²) in [4.78, 5) is 0. The average molecular weight is 525 g/mol. The molecule has 0 saturated heterocycles. The van der Waals surface area contributed by atoms with Crippen molar-refractivity contribution in [2.45, 2.75) is 161 Å². The first-order valence-electron chi connectivity index (χ1n) is 17.6. The van der Waals surface area contributed by atoms with Crippen LogP contribution in [-0.2, 0) is 0 Å². The third-order valence-electron chi connectivity index (χ3n) is 11.3. The Kier molecular flexibility index (Phi) is 9.48. The first-order valence-corrected chi connectivity index (χ1v) is 17.6. The van der Waals surface area contributed by atoms with Crippen LogP contribution in [0.4, 0.5) is 0 Å². The fraction of sp³-hybridized carbons (Fsp3) is 0.692. The molecule has 0 radical (unpaired) electrons. The molecule has 6 rings (SSSR count). The fourth-order valence-corrected chi connectivity index (χ4v) is 9.35. The Bertz CT molecular complexity index is 1050. The fourth-order valence-electron chi connectivity index (χ4n) is 9.35. The van der Waals surface area contributed by atoms with Crippen molar-refractivity contribution in [3.63, 3.8) is 0 Å². The van der Waals surface area contributed by atoms with E-state index in [0.717, 1.165) is 0 Å². The van der Waals surface area contributed by atoms with Gasteiger partial charge in [0.1, 0.15) is 0 Å². The van der Waals surface area contributed by atoms with E-state index < -0.39 is 0 Å². The van der Waals surface area contributed by atoms with Gasteiger partial charge in [-0.25, -0.2) is 0 Å². The second-order valence-electron chi connectivity index (χ2n) is 13.7. The van der Waals surface area contributed by atoms with Gasteiger partial charge in [-0.2, -0.15) is 0 Å². The zero-order valence-electron chi connectivity index (χ0n) is 25.1. The van der Waals surface area contributed by atoms with E-state index >= 15 is 0 Å². The summed E-state index contributed by atoms with van der Waals surface area (Å²) in [7, 11) is 0. The lowest BCUT2D eigenvalue weighted by Gasteiger charge is -2.51. The molecule has 0 fully saturated rings. The Hall–Kier alpha value is -1.56. The molecule has 39 heavy (non-hydrogen) atoms. The van der Waals surface area contributed by atoms with Crippen molar-refractivity contribution in [2.75, 3.05) is 0 Å². The molecule has 0 N–H and O–H groups in total. The minimum absolute atomic E-state index is 0.141. The zero-order valence-corrected chi connectivity index (χ0v) is 25.1. The Balaban J connectivity index is 1.68. The minimum Gasteiger partial charge on any atom is -0.0847 e. The standard InChI is InChI=1S/C39H56/c1-2-8-19-31(20-9-3-1)36-29-14-7-15-30-37(32-23-18-24-32)39(35-27-16-17-28-35,34-25-12-6-13-26-34)38(36)33-21-10-4-5-11-22-33/h19,21,23,25,27,37H,1-18,20,22,24,26,28-30H2/b31-19+,38-36+. The van der Waals surface area contributed by atoms with Gasteiger partial charge >= 0.3 is 0 Å². The molecule has 0 aromatic rings. The molecular formula is C39H56. The normalized spacial score (nSPS) is 34.8. The molecule has 2 unspecified atom stereocenters. The lowest BCUT2D eigenvalue weighted by molar-refractivity contribution is 0.296. The largest absolute Gasteiger partial charge is 0.0847 e. The molecule has 0 spiro atoms. The molecule has 212 valence electrons. The smallest absolute Gasteiger partial charge is 0.0441 e. The van der Waals surface area contributed by atoms with E-state index in [1.807, 2.05) is 27.9 Å². The third kappa shape index (κ3) is 5.78. The van der Waals surface area contributed by atoms with Crippen LogP contribution in [0.15, 0.2) is 69.4 Å². The summed E-state index contributed by atoms with van der Waals surface area (Å²) in [5.41, 5.74) is 13.1. The second kappa shape index (κ2) is 13.4. The molecule has 0 amide bonds. The Morgan fingerprint density at radius 2 is 1.00 bits per heavy atom. The van der Waals surface area contributed by atoms with Gasteiger partial charge in [0, 0.05) is 5.41 Å². The van der Waals surface area contributed by atoms with Crippen molar-refractivity contribution in [2.24, 2.45) is 11.3 Å². The number of hydrogen-bond donors (Lipinski definition) is 0. The first kappa shape index (κ1) is 27.6. The van der Waals surface area contributed by atoms with Crippen LogP contribution >= 0.6 is 0 Å². The van der Waals surface area contributed by atoms with Crippen LogP contribution in [0.5, 0.6) is 0 Å². The maximum atomic E-state index is 2.80. The van der Waals surface area contributed by atoms with Gasteiger partial charge < -0.3 is 0 Å². The first-order chi connectivity index (χ1) is 19.4. The molecule has 0 nitrogen and oxygen atoms in total. The quantitative estimate of drug-likeness (QED) is 0.314. The Morgan fingerprint density at radius 1 is 0.436 bits per heavy atom. The molecule has 2 atom stereocenters. The van der Waals surface area contributed by atoms with Crippen molar-refractivity contribution < 1.29 is 0 Å². The SMILES string of the molecule is C1=C(/C2=C(\C3=C\CCCCCC3)CCCCCC(C3=CCC3)C2(C2=CCCC2)C2=CCCCC2)CCCCC1. The van der Waals surface area contributed by atoms with E-state index in [0.29, 0.717) is 5.92 Å². The summed E-state index contributed by atoms with van der Waals surface area (Å²) in [5.74, 6) is 0.696. The predicted octanol–water partition coefficient (Wildman–Crippen LogP) is 12.4. The maximum absolute atomic E-state index is 2.80. The molecule has 0 bridgehead atoms. The Morgan fingerprint density at radius 3 is 1.72 bits per heavy atom. The Labute approximate surface area is 240 Å². The molecular weight excluding hydrogens is 468 g/mol. The van der Waals surface area contributed by atoms with Crippen LogP contribution in [-0.4, -0.2) is 0 Å².